The lowest BCUT2D eigenvalue weighted by Crippen LogP contribution is -2.37. The van der Waals surface area contributed by atoms with E-state index in [-0.39, 0.29) is 12.7 Å². The van der Waals surface area contributed by atoms with Crippen LogP contribution in [0.3, 0.4) is 0 Å². The zero-order chi connectivity index (χ0) is 11.2. The maximum Gasteiger partial charge on any atom is 0.131 e. The number of aliphatic hydroxyl groups excluding tert-OH is 1. The maximum atomic E-state index is 8.67. The van der Waals surface area contributed by atoms with Crippen molar-refractivity contribution in [3.63, 3.8) is 0 Å². The monoisotopic (exact) mass is 223 g/mol. The Morgan fingerprint density at radius 3 is 2.88 bits per heavy atom. The number of aliphatic hydroxyl groups is 1. The molecular formula is C11H17N3O2. The molecule has 0 saturated carbocycles. The van der Waals surface area contributed by atoms with E-state index in [0.29, 0.717) is 6.61 Å². The van der Waals surface area contributed by atoms with Crippen molar-refractivity contribution in [2.45, 2.75) is 18.9 Å². The Bertz CT molecular complexity index is 299. The van der Waals surface area contributed by atoms with Crippen LogP contribution >= 0.6 is 0 Å². The highest BCUT2D eigenvalue weighted by atomic mass is 16.5. The van der Waals surface area contributed by atoms with Gasteiger partial charge in [-0.1, -0.05) is 0 Å². The van der Waals surface area contributed by atoms with Crippen LogP contribution in [0.5, 0.6) is 0 Å². The van der Waals surface area contributed by atoms with E-state index < -0.39 is 0 Å². The van der Waals surface area contributed by atoms with Crippen molar-refractivity contribution in [3.05, 3.63) is 18.6 Å². The summed E-state index contributed by atoms with van der Waals surface area (Å²) >= 11 is 0. The van der Waals surface area contributed by atoms with Crippen molar-refractivity contribution in [2.24, 2.45) is 0 Å². The maximum absolute atomic E-state index is 8.67. The Kier molecular flexibility index (Phi) is 4.07. The van der Waals surface area contributed by atoms with Crippen LogP contribution in [0.25, 0.3) is 0 Å². The molecule has 0 radical (unpaired) electrons. The molecule has 1 fully saturated rings. The molecule has 0 amide bonds. The number of nitrogens with zero attached hydrogens (tertiary/aromatic N) is 3. The lowest BCUT2D eigenvalue weighted by Gasteiger charge is -2.32. The molecule has 1 aliphatic heterocycles. The van der Waals surface area contributed by atoms with Gasteiger partial charge in [0.25, 0.3) is 0 Å². The van der Waals surface area contributed by atoms with E-state index in [4.69, 9.17) is 9.84 Å². The van der Waals surface area contributed by atoms with Crippen molar-refractivity contribution in [2.75, 3.05) is 31.2 Å². The standard InChI is InChI=1S/C11H17N3O2/c15-7-8-16-10-2-5-14(6-3-10)11-1-4-12-9-13-11/h1,4,9-10,15H,2-3,5-8H2. The van der Waals surface area contributed by atoms with Crippen LogP contribution in [0.4, 0.5) is 5.82 Å². The van der Waals surface area contributed by atoms with Gasteiger partial charge in [-0.05, 0) is 18.9 Å². The normalized spacial score (nSPS) is 17.7. The number of ether oxygens (including phenoxy) is 1. The van der Waals surface area contributed by atoms with Crippen LogP contribution in [0.2, 0.25) is 0 Å². The first-order chi connectivity index (χ1) is 7.90. The van der Waals surface area contributed by atoms with E-state index in [1.54, 1.807) is 12.5 Å². The Labute approximate surface area is 95.1 Å². The highest BCUT2D eigenvalue weighted by Crippen LogP contribution is 2.18. The summed E-state index contributed by atoms with van der Waals surface area (Å²) in [4.78, 5) is 10.4. The van der Waals surface area contributed by atoms with Gasteiger partial charge in [0.05, 0.1) is 19.3 Å². The van der Waals surface area contributed by atoms with Crippen molar-refractivity contribution >= 4 is 5.82 Å². The smallest absolute Gasteiger partial charge is 0.131 e. The van der Waals surface area contributed by atoms with Gasteiger partial charge in [0.15, 0.2) is 0 Å². The Balaban J connectivity index is 1.81. The Morgan fingerprint density at radius 2 is 2.25 bits per heavy atom. The second-order valence-corrected chi connectivity index (χ2v) is 3.85. The minimum Gasteiger partial charge on any atom is -0.394 e. The second kappa shape index (κ2) is 5.77. The SMILES string of the molecule is OCCOC1CCN(c2ccncn2)CC1. The zero-order valence-corrected chi connectivity index (χ0v) is 9.25. The predicted molar refractivity (Wildman–Crippen MR) is 60.3 cm³/mol. The lowest BCUT2D eigenvalue weighted by atomic mass is 10.1. The average Bonchev–Trinajstić information content (AvgIpc) is 2.38. The first kappa shape index (κ1) is 11.3. The van der Waals surface area contributed by atoms with Crippen LogP contribution < -0.4 is 4.90 Å². The molecule has 0 aromatic carbocycles. The van der Waals surface area contributed by atoms with Crippen LogP contribution in [-0.2, 0) is 4.74 Å². The second-order valence-electron chi connectivity index (χ2n) is 3.85. The van der Waals surface area contributed by atoms with Gasteiger partial charge in [0.2, 0.25) is 0 Å². The molecule has 5 nitrogen and oxygen atoms in total. The van der Waals surface area contributed by atoms with E-state index in [1.165, 1.54) is 0 Å². The predicted octanol–water partition coefficient (Wildman–Crippen LogP) is 0.454. The number of rotatable bonds is 4. The van der Waals surface area contributed by atoms with E-state index >= 15 is 0 Å². The minimum atomic E-state index is 0.103. The molecule has 0 atom stereocenters. The third-order valence-corrected chi connectivity index (χ3v) is 2.78. The Hall–Kier alpha value is -1.20. The fourth-order valence-corrected chi connectivity index (χ4v) is 1.94. The van der Waals surface area contributed by atoms with E-state index in [2.05, 4.69) is 14.9 Å². The van der Waals surface area contributed by atoms with Gasteiger partial charge in [0, 0.05) is 19.3 Å². The van der Waals surface area contributed by atoms with Gasteiger partial charge in [-0.15, -0.1) is 0 Å². The van der Waals surface area contributed by atoms with Gasteiger partial charge < -0.3 is 14.7 Å². The van der Waals surface area contributed by atoms with Gasteiger partial charge in [-0.25, -0.2) is 9.97 Å². The van der Waals surface area contributed by atoms with Crippen LogP contribution in [0.1, 0.15) is 12.8 Å². The number of hydrogen-bond donors (Lipinski definition) is 1. The van der Waals surface area contributed by atoms with Gasteiger partial charge in [-0.2, -0.15) is 0 Å². The largest absolute Gasteiger partial charge is 0.394 e. The summed E-state index contributed by atoms with van der Waals surface area (Å²) in [6, 6.07) is 1.93. The Morgan fingerprint density at radius 1 is 1.44 bits per heavy atom. The molecule has 0 bridgehead atoms. The molecule has 2 heterocycles. The molecule has 1 aromatic rings. The highest BCUT2D eigenvalue weighted by Gasteiger charge is 2.20. The molecule has 2 rings (SSSR count). The lowest BCUT2D eigenvalue weighted by molar-refractivity contribution is 0.0158. The third-order valence-electron chi connectivity index (χ3n) is 2.78. The number of piperidine rings is 1. The van der Waals surface area contributed by atoms with Crippen molar-refractivity contribution in [1.82, 2.24) is 9.97 Å². The molecule has 5 heteroatoms. The van der Waals surface area contributed by atoms with Gasteiger partial charge in [-0.3, -0.25) is 0 Å². The summed E-state index contributed by atoms with van der Waals surface area (Å²) in [5.41, 5.74) is 0. The average molecular weight is 223 g/mol. The molecule has 1 aliphatic rings. The summed E-state index contributed by atoms with van der Waals surface area (Å²) in [5.74, 6) is 0.982. The molecule has 88 valence electrons. The van der Waals surface area contributed by atoms with Crippen LogP contribution in [0.15, 0.2) is 18.6 Å². The first-order valence-electron chi connectivity index (χ1n) is 5.63. The molecule has 1 aromatic heterocycles. The number of anilines is 1. The van der Waals surface area contributed by atoms with E-state index in [1.807, 2.05) is 6.07 Å². The molecule has 0 spiro atoms. The molecule has 1 saturated heterocycles. The topological polar surface area (TPSA) is 58.5 Å². The van der Waals surface area contributed by atoms with Crippen molar-refractivity contribution < 1.29 is 9.84 Å². The molecular weight excluding hydrogens is 206 g/mol. The van der Waals surface area contributed by atoms with E-state index in [0.717, 1.165) is 31.7 Å². The molecule has 1 N–H and O–H groups in total. The fraction of sp³-hybridized carbons (Fsp3) is 0.636. The van der Waals surface area contributed by atoms with Crippen molar-refractivity contribution in [3.8, 4) is 0 Å². The number of hydrogen-bond acceptors (Lipinski definition) is 5. The van der Waals surface area contributed by atoms with Crippen LogP contribution in [-0.4, -0.2) is 47.5 Å². The molecule has 0 unspecified atom stereocenters. The van der Waals surface area contributed by atoms with Gasteiger partial charge in [0.1, 0.15) is 12.1 Å². The highest BCUT2D eigenvalue weighted by molar-refractivity contribution is 5.36. The summed E-state index contributed by atoms with van der Waals surface area (Å²) in [6.07, 6.45) is 5.60. The summed E-state index contributed by atoms with van der Waals surface area (Å²) in [7, 11) is 0. The summed E-state index contributed by atoms with van der Waals surface area (Å²) in [5, 5.41) is 8.67. The van der Waals surface area contributed by atoms with E-state index in [9.17, 15) is 0 Å². The van der Waals surface area contributed by atoms with Crippen LogP contribution in [0, 0.1) is 0 Å². The summed E-state index contributed by atoms with van der Waals surface area (Å²) in [6.45, 7) is 2.45. The third kappa shape index (κ3) is 2.90. The first-order valence-corrected chi connectivity index (χ1v) is 5.63. The molecule has 0 aliphatic carbocycles. The quantitative estimate of drug-likeness (QED) is 0.803. The number of aromatic nitrogens is 2. The zero-order valence-electron chi connectivity index (χ0n) is 9.25. The van der Waals surface area contributed by atoms with Crippen molar-refractivity contribution in [1.29, 1.82) is 0 Å². The molecule has 16 heavy (non-hydrogen) atoms. The fourth-order valence-electron chi connectivity index (χ4n) is 1.94. The summed E-state index contributed by atoms with van der Waals surface area (Å²) < 4.78 is 5.51. The van der Waals surface area contributed by atoms with Gasteiger partial charge >= 0.3 is 0 Å². The minimum absolute atomic E-state index is 0.103.